The van der Waals surface area contributed by atoms with E-state index in [0.29, 0.717) is 6.42 Å². The number of rotatable bonds is 6. The number of amides is 1. The zero-order chi connectivity index (χ0) is 14.2. The van der Waals surface area contributed by atoms with Crippen LogP contribution in [0.1, 0.15) is 32.6 Å². The summed E-state index contributed by atoms with van der Waals surface area (Å²) in [7, 11) is 0. The number of aromatic nitrogens is 1. The number of hydrogen-bond donors (Lipinski definition) is 1. The summed E-state index contributed by atoms with van der Waals surface area (Å²) in [4.78, 5) is 18.7. The van der Waals surface area contributed by atoms with Gasteiger partial charge in [-0.3, -0.25) is 4.79 Å². The number of thioether (sulfide) groups is 1. The van der Waals surface area contributed by atoms with Gasteiger partial charge in [-0.25, -0.2) is 4.98 Å². The summed E-state index contributed by atoms with van der Waals surface area (Å²) in [6.45, 7) is 4.15. The van der Waals surface area contributed by atoms with E-state index in [4.69, 9.17) is 0 Å². The highest BCUT2D eigenvalue weighted by molar-refractivity contribution is 7.99. The minimum atomic E-state index is 0.0964. The van der Waals surface area contributed by atoms with E-state index in [1.807, 2.05) is 23.9 Å². The third-order valence-electron chi connectivity index (χ3n) is 3.38. The van der Waals surface area contributed by atoms with E-state index < -0.39 is 0 Å². The van der Waals surface area contributed by atoms with Crippen LogP contribution < -0.4 is 10.2 Å². The Morgan fingerprint density at radius 1 is 1.40 bits per heavy atom. The molecule has 0 unspecified atom stereocenters. The highest BCUT2D eigenvalue weighted by Crippen LogP contribution is 2.25. The second-order valence-corrected chi connectivity index (χ2v) is 6.20. The second-order valence-electron chi connectivity index (χ2n) is 4.98. The van der Waals surface area contributed by atoms with Gasteiger partial charge in [0.1, 0.15) is 0 Å². The zero-order valence-corrected chi connectivity index (χ0v) is 12.9. The lowest BCUT2D eigenvalue weighted by Crippen LogP contribution is -2.34. The third kappa shape index (κ3) is 4.40. The van der Waals surface area contributed by atoms with Gasteiger partial charge in [0.15, 0.2) is 5.82 Å². The summed E-state index contributed by atoms with van der Waals surface area (Å²) < 4.78 is 0. The number of pyridine rings is 1. The quantitative estimate of drug-likeness (QED) is 0.818. The number of anilines is 2. The van der Waals surface area contributed by atoms with Crippen molar-refractivity contribution in [2.24, 2.45) is 0 Å². The SMILES string of the molecule is CCCCCC(=O)Nc1cccnc1N1CCSCC1. The molecule has 0 aliphatic carbocycles. The van der Waals surface area contributed by atoms with Crippen LogP contribution in [0.25, 0.3) is 0 Å². The lowest BCUT2D eigenvalue weighted by Gasteiger charge is -2.29. The van der Waals surface area contributed by atoms with Crippen LogP contribution in [0.15, 0.2) is 18.3 Å². The highest BCUT2D eigenvalue weighted by Gasteiger charge is 2.16. The van der Waals surface area contributed by atoms with Crippen molar-refractivity contribution in [3.8, 4) is 0 Å². The number of carbonyl (C=O) groups excluding carboxylic acids is 1. The van der Waals surface area contributed by atoms with E-state index in [1.54, 1.807) is 6.20 Å². The molecule has 1 N–H and O–H groups in total. The molecule has 110 valence electrons. The van der Waals surface area contributed by atoms with Crippen LogP contribution in [-0.2, 0) is 4.79 Å². The maximum absolute atomic E-state index is 12.0. The number of nitrogens with one attached hydrogen (secondary N) is 1. The Balaban J connectivity index is 1.98. The Morgan fingerprint density at radius 2 is 2.20 bits per heavy atom. The summed E-state index contributed by atoms with van der Waals surface area (Å²) in [6.07, 6.45) is 5.59. The van der Waals surface area contributed by atoms with E-state index in [-0.39, 0.29) is 5.91 Å². The Hall–Kier alpha value is -1.23. The molecule has 2 rings (SSSR count). The van der Waals surface area contributed by atoms with Gasteiger partial charge in [0, 0.05) is 37.2 Å². The molecule has 5 heteroatoms. The highest BCUT2D eigenvalue weighted by atomic mass is 32.2. The van der Waals surface area contributed by atoms with E-state index in [1.165, 1.54) is 0 Å². The van der Waals surface area contributed by atoms with Gasteiger partial charge in [0.2, 0.25) is 5.91 Å². The Labute approximate surface area is 125 Å². The van der Waals surface area contributed by atoms with Crippen molar-refractivity contribution in [2.45, 2.75) is 32.6 Å². The third-order valence-corrected chi connectivity index (χ3v) is 4.32. The molecule has 0 aromatic carbocycles. The fourth-order valence-electron chi connectivity index (χ4n) is 2.27. The standard InChI is InChI=1S/C15H23N3OS/c1-2-3-4-7-14(19)17-13-6-5-8-16-15(13)18-9-11-20-12-10-18/h5-6,8H,2-4,7,9-12H2,1H3,(H,17,19). The first-order chi connectivity index (χ1) is 9.81. The van der Waals surface area contributed by atoms with Gasteiger partial charge >= 0.3 is 0 Å². The molecule has 2 heterocycles. The second kappa shape index (κ2) is 8.15. The predicted octanol–water partition coefficient (Wildman–Crippen LogP) is 3.15. The van der Waals surface area contributed by atoms with Gasteiger partial charge in [-0.05, 0) is 18.6 Å². The molecule has 1 saturated heterocycles. The largest absolute Gasteiger partial charge is 0.353 e. The zero-order valence-electron chi connectivity index (χ0n) is 12.1. The Bertz CT molecular complexity index is 433. The molecule has 0 saturated carbocycles. The van der Waals surface area contributed by atoms with Crippen molar-refractivity contribution in [1.82, 2.24) is 4.98 Å². The van der Waals surface area contributed by atoms with Gasteiger partial charge in [-0.15, -0.1) is 0 Å². The molecule has 1 aromatic rings. The van der Waals surface area contributed by atoms with Crippen LogP contribution >= 0.6 is 11.8 Å². The first-order valence-electron chi connectivity index (χ1n) is 7.39. The molecule has 1 aliphatic rings. The van der Waals surface area contributed by atoms with Crippen molar-refractivity contribution in [1.29, 1.82) is 0 Å². The monoisotopic (exact) mass is 293 g/mol. The molecule has 1 amide bonds. The Kier molecular flexibility index (Phi) is 6.18. The van der Waals surface area contributed by atoms with E-state index >= 15 is 0 Å². The van der Waals surface area contributed by atoms with E-state index in [2.05, 4.69) is 22.1 Å². The van der Waals surface area contributed by atoms with Crippen molar-refractivity contribution < 1.29 is 4.79 Å². The summed E-state index contributed by atoms with van der Waals surface area (Å²) in [5.74, 6) is 3.26. The number of nitrogens with zero attached hydrogens (tertiary/aromatic N) is 2. The number of carbonyl (C=O) groups is 1. The molecule has 1 aliphatic heterocycles. The molecule has 20 heavy (non-hydrogen) atoms. The Morgan fingerprint density at radius 3 is 2.95 bits per heavy atom. The van der Waals surface area contributed by atoms with Crippen molar-refractivity contribution >= 4 is 29.2 Å². The molecule has 1 fully saturated rings. The summed E-state index contributed by atoms with van der Waals surface area (Å²) in [5, 5.41) is 3.02. The predicted molar refractivity (Wildman–Crippen MR) is 86.5 cm³/mol. The van der Waals surface area contributed by atoms with Crippen molar-refractivity contribution in [2.75, 3.05) is 34.8 Å². The minimum Gasteiger partial charge on any atom is -0.353 e. The molecule has 4 nitrogen and oxygen atoms in total. The lowest BCUT2D eigenvalue weighted by molar-refractivity contribution is -0.116. The van der Waals surface area contributed by atoms with Gasteiger partial charge in [-0.1, -0.05) is 19.8 Å². The van der Waals surface area contributed by atoms with E-state index in [0.717, 1.165) is 55.4 Å². The molecule has 0 atom stereocenters. The van der Waals surface area contributed by atoms with Gasteiger partial charge in [0.25, 0.3) is 0 Å². The van der Waals surface area contributed by atoms with Gasteiger partial charge < -0.3 is 10.2 Å². The number of hydrogen-bond acceptors (Lipinski definition) is 4. The molecule has 1 aromatic heterocycles. The molecular weight excluding hydrogens is 270 g/mol. The topological polar surface area (TPSA) is 45.2 Å². The molecule has 0 spiro atoms. The van der Waals surface area contributed by atoms with Gasteiger partial charge in [0.05, 0.1) is 5.69 Å². The fraction of sp³-hybridized carbons (Fsp3) is 0.600. The van der Waals surface area contributed by atoms with Crippen LogP contribution in [0.4, 0.5) is 11.5 Å². The molecule has 0 radical (unpaired) electrons. The lowest BCUT2D eigenvalue weighted by atomic mass is 10.2. The maximum Gasteiger partial charge on any atom is 0.224 e. The van der Waals surface area contributed by atoms with Crippen LogP contribution in [0.2, 0.25) is 0 Å². The fourth-order valence-corrected chi connectivity index (χ4v) is 3.17. The van der Waals surface area contributed by atoms with Gasteiger partial charge in [-0.2, -0.15) is 11.8 Å². The summed E-state index contributed by atoms with van der Waals surface area (Å²) in [6, 6.07) is 3.83. The van der Waals surface area contributed by atoms with E-state index in [9.17, 15) is 4.79 Å². The summed E-state index contributed by atoms with van der Waals surface area (Å²) >= 11 is 1.97. The van der Waals surface area contributed by atoms with Crippen molar-refractivity contribution in [3.63, 3.8) is 0 Å². The average Bonchev–Trinajstić information content (AvgIpc) is 2.49. The first-order valence-corrected chi connectivity index (χ1v) is 8.54. The van der Waals surface area contributed by atoms with Crippen LogP contribution in [-0.4, -0.2) is 35.5 Å². The molecular formula is C15H23N3OS. The van der Waals surface area contributed by atoms with Crippen LogP contribution in [0, 0.1) is 0 Å². The maximum atomic E-state index is 12.0. The normalized spacial score (nSPS) is 15.2. The van der Waals surface area contributed by atoms with Crippen molar-refractivity contribution in [3.05, 3.63) is 18.3 Å². The minimum absolute atomic E-state index is 0.0964. The first kappa shape index (κ1) is 15.2. The van der Waals surface area contributed by atoms with Crippen LogP contribution in [0.3, 0.4) is 0 Å². The summed E-state index contributed by atoms with van der Waals surface area (Å²) in [5.41, 5.74) is 0.848. The number of unbranched alkanes of at least 4 members (excludes halogenated alkanes) is 2. The van der Waals surface area contributed by atoms with Crippen LogP contribution in [0.5, 0.6) is 0 Å². The average molecular weight is 293 g/mol. The smallest absolute Gasteiger partial charge is 0.224 e. The molecule has 0 bridgehead atoms.